The summed E-state index contributed by atoms with van der Waals surface area (Å²) in [5.41, 5.74) is 0. The largest absolute Gasteiger partial charge is 0.373 e. The lowest BCUT2D eigenvalue weighted by atomic mass is 10.2. The quantitative estimate of drug-likeness (QED) is 0.586. The summed E-state index contributed by atoms with van der Waals surface area (Å²) in [7, 11) is 3.66. The molecule has 1 aromatic heterocycles. The highest BCUT2D eigenvalue weighted by molar-refractivity contribution is 7.98. The standard InChI is InChI=1S/C13H23N5OS/c1-9(2)7-15-12(19)8-18(4)11-6-10(14-3)16-13(17-11)20-5/h6,9H,7-8H2,1-5H3,(H,15,19)(H,14,16,17). The van der Waals surface area contributed by atoms with Crippen molar-refractivity contribution in [3.05, 3.63) is 6.07 Å². The van der Waals surface area contributed by atoms with Gasteiger partial charge >= 0.3 is 0 Å². The SMILES string of the molecule is CNc1cc(N(C)CC(=O)NCC(C)C)nc(SC)n1. The Hall–Kier alpha value is -1.50. The van der Waals surface area contributed by atoms with Crippen LogP contribution in [0.5, 0.6) is 0 Å². The Morgan fingerprint density at radius 2 is 2.15 bits per heavy atom. The molecule has 1 aromatic rings. The molecule has 1 amide bonds. The van der Waals surface area contributed by atoms with Crippen molar-refractivity contribution in [2.45, 2.75) is 19.0 Å². The summed E-state index contributed by atoms with van der Waals surface area (Å²) in [5, 5.41) is 6.58. The van der Waals surface area contributed by atoms with Gasteiger partial charge in [0.15, 0.2) is 5.16 Å². The number of carbonyl (C=O) groups is 1. The molecule has 7 heteroatoms. The fourth-order valence-corrected chi connectivity index (χ4v) is 1.87. The van der Waals surface area contributed by atoms with Crippen molar-refractivity contribution in [3.8, 4) is 0 Å². The smallest absolute Gasteiger partial charge is 0.239 e. The minimum absolute atomic E-state index is 0.00322. The second-order valence-corrected chi connectivity index (χ2v) is 5.68. The molecule has 0 bridgehead atoms. The molecule has 0 saturated carbocycles. The van der Waals surface area contributed by atoms with E-state index in [4.69, 9.17) is 0 Å². The number of likely N-dealkylation sites (N-methyl/N-ethyl adjacent to an activating group) is 1. The van der Waals surface area contributed by atoms with Gasteiger partial charge in [-0.05, 0) is 12.2 Å². The molecule has 2 N–H and O–H groups in total. The molecule has 0 aromatic carbocycles. The Bertz CT molecular complexity index is 430. The fourth-order valence-electron chi connectivity index (χ4n) is 1.50. The predicted octanol–water partition coefficient (Wildman–Crippen LogP) is 1.45. The zero-order chi connectivity index (χ0) is 15.1. The molecular weight excluding hydrogens is 274 g/mol. The van der Waals surface area contributed by atoms with Gasteiger partial charge in [-0.2, -0.15) is 0 Å². The highest BCUT2D eigenvalue weighted by atomic mass is 32.2. The normalized spacial score (nSPS) is 10.5. The molecule has 0 fully saturated rings. The number of aromatic nitrogens is 2. The van der Waals surface area contributed by atoms with Crippen LogP contribution in [0.3, 0.4) is 0 Å². The zero-order valence-corrected chi connectivity index (χ0v) is 13.5. The van der Waals surface area contributed by atoms with Crippen LogP contribution in [0.1, 0.15) is 13.8 Å². The van der Waals surface area contributed by atoms with Crippen molar-refractivity contribution in [1.82, 2.24) is 15.3 Å². The molecule has 0 unspecified atom stereocenters. The third-order valence-electron chi connectivity index (χ3n) is 2.61. The number of nitrogens with one attached hydrogen (secondary N) is 2. The number of amides is 1. The first-order valence-electron chi connectivity index (χ1n) is 6.55. The van der Waals surface area contributed by atoms with Crippen molar-refractivity contribution in [2.24, 2.45) is 5.92 Å². The number of nitrogens with zero attached hydrogens (tertiary/aromatic N) is 3. The van der Waals surface area contributed by atoms with Crippen molar-refractivity contribution < 1.29 is 4.79 Å². The summed E-state index contributed by atoms with van der Waals surface area (Å²) in [6.45, 7) is 5.10. The lowest BCUT2D eigenvalue weighted by Gasteiger charge is -2.19. The van der Waals surface area contributed by atoms with E-state index in [0.29, 0.717) is 17.6 Å². The number of hydrogen-bond acceptors (Lipinski definition) is 6. The van der Waals surface area contributed by atoms with Gasteiger partial charge in [-0.15, -0.1) is 0 Å². The number of carbonyl (C=O) groups excluding carboxylic acids is 1. The van der Waals surface area contributed by atoms with E-state index in [0.717, 1.165) is 11.6 Å². The van der Waals surface area contributed by atoms with Gasteiger partial charge in [-0.25, -0.2) is 9.97 Å². The molecule has 0 aliphatic heterocycles. The Labute approximate surface area is 124 Å². The average Bonchev–Trinajstić information content (AvgIpc) is 2.44. The van der Waals surface area contributed by atoms with Crippen LogP contribution in [0.15, 0.2) is 11.2 Å². The lowest BCUT2D eigenvalue weighted by molar-refractivity contribution is -0.119. The van der Waals surface area contributed by atoms with Gasteiger partial charge < -0.3 is 15.5 Å². The Morgan fingerprint density at radius 1 is 1.45 bits per heavy atom. The Morgan fingerprint density at radius 3 is 2.70 bits per heavy atom. The maximum Gasteiger partial charge on any atom is 0.239 e. The van der Waals surface area contributed by atoms with Crippen molar-refractivity contribution >= 4 is 29.3 Å². The zero-order valence-electron chi connectivity index (χ0n) is 12.7. The van der Waals surface area contributed by atoms with Crippen LogP contribution >= 0.6 is 11.8 Å². The molecule has 1 rings (SSSR count). The molecule has 0 spiro atoms. The van der Waals surface area contributed by atoms with E-state index in [1.165, 1.54) is 11.8 Å². The molecule has 6 nitrogen and oxygen atoms in total. The highest BCUT2D eigenvalue weighted by Gasteiger charge is 2.11. The predicted molar refractivity (Wildman–Crippen MR) is 84.5 cm³/mol. The highest BCUT2D eigenvalue weighted by Crippen LogP contribution is 2.19. The van der Waals surface area contributed by atoms with Crippen LogP contribution in [0, 0.1) is 5.92 Å². The van der Waals surface area contributed by atoms with Gasteiger partial charge in [0, 0.05) is 26.7 Å². The topological polar surface area (TPSA) is 70.2 Å². The molecule has 1 heterocycles. The summed E-state index contributed by atoms with van der Waals surface area (Å²) in [5.74, 6) is 1.92. The second kappa shape index (κ2) is 7.94. The molecule has 0 atom stereocenters. The van der Waals surface area contributed by atoms with E-state index < -0.39 is 0 Å². The molecule has 20 heavy (non-hydrogen) atoms. The number of hydrogen-bond donors (Lipinski definition) is 2. The Balaban J connectivity index is 2.71. The summed E-state index contributed by atoms with van der Waals surface area (Å²) >= 11 is 1.47. The minimum atomic E-state index is -0.00322. The van der Waals surface area contributed by atoms with E-state index >= 15 is 0 Å². The molecule has 0 saturated heterocycles. The van der Waals surface area contributed by atoms with E-state index in [2.05, 4.69) is 34.4 Å². The van der Waals surface area contributed by atoms with Crippen LogP contribution in [-0.2, 0) is 4.79 Å². The summed E-state index contributed by atoms with van der Waals surface area (Å²) < 4.78 is 0. The van der Waals surface area contributed by atoms with Crippen LogP contribution in [0.4, 0.5) is 11.6 Å². The van der Waals surface area contributed by atoms with E-state index in [9.17, 15) is 4.79 Å². The molecular formula is C13H23N5OS. The van der Waals surface area contributed by atoms with Gasteiger partial charge in [0.2, 0.25) is 5.91 Å². The number of anilines is 2. The molecule has 112 valence electrons. The summed E-state index contributed by atoms with van der Waals surface area (Å²) in [6.07, 6.45) is 1.92. The molecule has 0 aliphatic rings. The van der Waals surface area contributed by atoms with Crippen molar-refractivity contribution in [1.29, 1.82) is 0 Å². The molecule has 0 radical (unpaired) electrons. The number of thioether (sulfide) groups is 1. The first-order valence-corrected chi connectivity index (χ1v) is 7.77. The lowest BCUT2D eigenvalue weighted by Crippen LogP contribution is -2.37. The van der Waals surface area contributed by atoms with Gasteiger partial charge in [0.1, 0.15) is 11.6 Å². The number of rotatable bonds is 7. The molecule has 0 aliphatic carbocycles. The second-order valence-electron chi connectivity index (χ2n) is 4.90. The summed E-state index contributed by atoms with van der Waals surface area (Å²) in [4.78, 5) is 22.4. The van der Waals surface area contributed by atoms with E-state index in [-0.39, 0.29) is 12.5 Å². The Kier molecular flexibility index (Phi) is 6.57. The maximum atomic E-state index is 11.8. The minimum Gasteiger partial charge on any atom is -0.373 e. The van der Waals surface area contributed by atoms with E-state index in [1.54, 1.807) is 0 Å². The van der Waals surface area contributed by atoms with E-state index in [1.807, 2.05) is 31.3 Å². The van der Waals surface area contributed by atoms with Crippen LogP contribution in [0.25, 0.3) is 0 Å². The third-order valence-corrected chi connectivity index (χ3v) is 3.16. The fraction of sp³-hybridized carbons (Fsp3) is 0.615. The van der Waals surface area contributed by atoms with Crippen LogP contribution < -0.4 is 15.5 Å². The van der Waals surface area contributed by atoms with Crippen LogP contribution in [-0.4, -0.2) is 49.3 Å². The van der Waals surface area contributed by atoms with Gasteiger partial charge in [-0.3, -0.25) is 4.79 Å². The van der Waals surface area contributed by atoms with Gasteiger partial charge in [0.25, 0.3) is 0 Å². The van der Waals surface area contributed by atoms with Gasteiger partial charge in [0.05, 0.1) is 6.54 Å². The first kappa shape index (κ1) is 16.6. The maximum absolute atomic E-state index is 11.8. The van der Waals surface area contributed by atoms with Crippen molar-refractivity contribution in [2.75, 3.05) is 43.7 Å². The van der Waals surface area contributed by atoms with Crippen molar-refractivity contribution in [3.63, 3.8) is 0 Å². The average molecular weight is 297 g/mol. The van der Waals surface area contributed by atoms with Crippen LogP contribution in [0.2, 0.25) is 0 Å². The summed E-state index contributed by atoms with van der Waals surface area (Å²) in [6, 6.07) is 1.83. The third kappa shape index (κ3) is 5.24. The van der Waals surface area contributed by atoms with Gasteiger partial charge in [-0.1, -0.05) is 25.6 Å². The monoisotopic (exact) mass is 297 g/mol. The first-order chi connectivity index (χ1) is 9.46.